The fourth-order valence-corrected chi connectivity index (χ4v) is 2.54. The number of hydrogen-bond acceptors (Lipinski definition) is 3. The Hall–Kier alpha value is -2.60. The minimum Gasteiger partial charge on any atom is -0.477 e. The lowest BCUT2D eigenvalue weighted by atomic mass is 10.1. The van der Waals surface area contributed by atoms with Crippen LogP contribution in [0, 0.1) is 5.92 Å². The topological polar surface area (TPSA) is 75.6 Å². The van der Waals surface area contributed by atoms with E-state index in [0.29, 0.717) is 17.1 Å². The standard InChI is InChI=1S/C20H20BrNO4/c1-13(2)11-19(23)22-17(20(24)25)12-14-7-9-15(10-8-14)26-18-6-4-3-5-16(18)21/h3-10,12-13H,11H2,1-2H3,(H,22,23)(H,24,25)/b17-12-. The van der Waals surface area contributed by atoms with Crippen LogP contribution in [0.25, 0.3) is 6.08 Å². The van der Waals surface area contributed by atoms with Crippen molar-refractivity contribution in [2.24, 2.45) is 5.92 Å². The highest BCUT2D eigenvalue weighted by molar-refractivity contribution is 9.10. The van der Waals surface area contributed by atoms with Gasteiger partial charge in [-0.2, -0.15) is 0 Å². The van der Waals surface area contributed by atoms with Gasteiger partial charge >= 0.3 is 5.97 Å². The number of halogens is 1. The van der Waals surface area contributed by atoms with Crippen molar-refractivity contribution in [1.82, 2.24) is 5.32 Å². The number of benzene rings is 2. The summed E-state index contributed by atoms with van der Waals surface area (Å²) < 4.78 is 6.61. The van der Waals surface area contributed by atoms with Gasteiger partial charge in [0.15, 0.2) is 0 Å². The quantitative estimate of drug-likeness (QED) is 0.632. The molecule has 0 atom stereocenters. The van der Waals surface area contributed by atoms with Crippen LogP contribution >= 0.6 is 15.9 Å². The molecule has 136 valence electrons. The van der Waals surface area contributed by atoms with Gasteiger partial charge in [0.2, 0.25) is 5.91 Å². The Morgan fingerprint density at radius 2 is 1.81 bits per heavy atom. The summed E-state index contributed by atoms with van der Waals surface area (Å²) >= 11 is 3.42. The molecule has 0 bridgehead atoms. The largest absolute Gasteiger partial charge is 0.477 e. The summed E-state index contributed by atoms with van der Waals surface area (Å²) in [5.74, 6) is -0.0466. The van der Waals surface area contributed by atoms with Crippen LogP contribution in [0.1, 0.15) is 25.8 Å². The van der Waals surface area contributed by atoms with Crippen LogP contribution in [-0.2, 0) is 9.59 Å². The molecular weight excluding hydrogens is 398 g/mol. The van der Waals surface area contributed by atoms with Crippen LogP contribution in [0.5, 0.6) is 11.5 Å². The molecule has 2 rings (SSSR count). The van der Waals surface area contributed by atoms with Crippen molar-refractivity contribution in [2.75, 3.05) is 0 Å². The van der Waals surface area contributed by atoms with E-state index >= 15 is 0 Å². The normalized spacial score (nSPS) is 11.3. The zero-order chi connectivity index (χ0) is 19.1. The Balaban J connectivity index is 2.12. The molecule has 0 heterocycles. The van der Waals surface area contributed by atoms with Crippen LogP contribution in [0.15, 0.2) is 58.7 Å². The van der Waals surface area contributed by atoms with E-state index in [0.717, 1.165) is 4.47 Å². The molecule has 0 saturated heterocycles. The van der Waals surface area contributed by atoms with E-state index in [4.69, 9.17) is 4.74 Å². The van der Waals surface area contributed by atoms with Gasteiger partial charge < -0.3 is 15.2 Å². The third-order valence-corrected chi connectivity index (χ3v) is 4.01. The first-order valence-corrected chi connectivity index (χ1v) is 8.91. The zero-order valence-corrected chi connectivity index (χ0v) is 16.1. The average molecular weight is 418 g/mol. The number of carboxylic acids is 1. The van der Waals surface area contributed by atoms with Crippen molar-refractivity contribution in [3.63, 3.8) is 0 Å². The molecule has 0 aliphatic heterocycles. The van der Waals surface area contributed by atoms with Crippen molar-refractivity contribution in [3.8, 4) is 11.5 Å². The second kappa shape index (κ2) is 9.20. The molecule has 0 saturated carbocycles. The van der Waals surface area contributed by atoms with E-state index in [1.165, 1.54) is 6.08 Å². The Morgan fingerprint density at radius 1 is 1.15 bits per heavy atom. The molecule has 0 aliphatic rings. The van der Waals surface area contributed by atoms with Crippen molar-refractivity contribution in [1.29, 1.82) is 0 Å². The molecule has 6 heteroatoms. The SMILES string of the molecule is CC(C)CC(=O)N/C(=C\c1ccc(Oc2ccccc2Br)cc1)C(=O)O. The monoisotopic (exact) mass is 417 g/mol. The minimum atomic E-state index is -1.18. The molecule has 0 fully saturated rings. The molecule has 0 spiro atoms. The molecule has 0 radical (unpaired) electrons. The van der Waals surface area contributed by atoms with Crippen LogP contribution in [-0.4, -0.2) is 17.0 Å². The molecule has 0 aliphatic carbocycles. The van der Waals surface area contributed by atoms with E-state index in [9.17, 15) is 14.7 Å². The molecule has 5 nitrogen and oxygen atoms in total. The predicted molar refractivity (Wildman–Crippen MR) is 104 cm³/mol. The Labute approximate surface area is 160 Å². The third kappa shape index (κ3) is 6.04. The number of aliphatic carboxylic acids is 1. The first kappa shape index (κ1) is 19.7. The van der Waals surface area contributed by atoms with Crippen molar-refractivity contribution in [3.05, 3.63) is 64.3 Å². The number of carbonyl (C=O) groups excluding carboxylic acids is 1. The first-order valence-electron chi connectivity index (χ1n) is 8.12. The summed E-state index contributed by atoms with van der Waals surface area (Å²) in [6.07, 6.45) is 1.69. The summed E-state index contributed by atoms with van der Waals surface area (Å²) in [5, 5.41) is 11.7. The second-order valence-corrected chi connectivity index (χ2v) is 6.97. The van der Waals surface area contributed by atoms with Gasteiger partial charge in [0.1, 0.15) is 17.2 Å². The Kier molecular flexibility index (Phi) is 6.97. The number of carboxylic acid groups (broad SMARTS) is 1. The smallest absolute Gasteiger partial charge is 0.352 e. The Morgan fingerprint density at radius 3 is 2.38 bits per heavy atom. The number of amides is 1. The highest BCUT2D eigenvalue weighted by atomic mass is 79.9. The van der Waals surface area contributed by atoms with E-state index in [1.54, 1.807) is 24.3 Å². The minimum absolute atomic E-state index is 0.152. The predicted octanol–water partition coefficient (Wildman–Crippen LogP) is 4.83. The van der Waals surface area contributed by atoms with Gasteiger partial charge in [0.25, 0.3) is 0 Å². The van der Waals surface area contributed by atoms with E-state index in [1.807, 2.05) is 38.1 Å². The average Bonchev–Trinajstić information content (AvgIpc) is 2.57. The summed E-state index contributed by atoms with van der Waals surface area (Å²) in [6, 6.07) is 14.4. The van der Waals surface area contributed by atoms with Gasteiger partial charge in [-0.15, -0.1) is 0 Å². The molecule has 2 aromatic carbocycles. The van der Waals surface area contributed by atoms with E-state index in [2.05, 4.69) is 21.2 Å². The second-order valence-electron chi connectivity index (χ2n) is 6.11. The van der Waals surface area contributed by atoms with Crippen LogP contribution in [0.2, 0.25) is 0 Å². The lowest BCUT2D eigenvalue weighted by molar-refractivity contribution is -0.134. The van der Waals surface area contributed by atoms with Crippen molar-refractivity contribution >= 4 is 33.9 Å². The summed E-state index contributed by atoms with van der Waals surface area (Å²) in [6.45, 7) is 3.79. The number of nitrogens with one attached hydrogen (secondary N) is 1. The maximum absolute atomic E-state index is 11.8. The van der Waals surface area contributed by atoms with Gasteiger partial charge in [0.05, 0.1) is 4.47 Å². The van der Waals surface area contributed by atoms with Crippen molar-refractivity contribution < 1.29 is 19.4 Å². The first-order chi connectivity index (χ1) is 12.3. The van der Waals surface area contributed by atoms with E-state index < -0.39 is 5.97 Å². The van der Waals surface area contributed by atoms with Crippen molar-refractivity contribution in [2.45, 2.75) is 20.3 Å². The summed E-state index contributed by atoms with van der Waals surface area (Å²) in [5.41, 5.74) is 0.488. The number of para-hydroxylation sites is 1. The number of carbonyl (C=O) groups is 2. The maximum atomic E-state index is 11.8. The Bertz CT molecular complexity index is 813. The van der Waals surface area contributed by atoms with Crippen LogP contribution in [0.3, 0.4) is 0 Å². The molecule has 0 unspecified atom stereocenters. The van der Waals surface area contributed by atoms with Gasteiger partial charge in [-0.25, -0.2) is 4.79 Å². The lowest BCUT2D eigenvalue weighted by Crippen LogP contribution is -2.28. The molecule has 2 aromatic rings. The number of rotatable bonds is 7. The summed E-state index contributed by atoms with van der Waals surface area (Å²) in [7, 11) is 0. The van der Waals surface area contributed by atoms with Gasteiger partial charge in [-0.3, -0.25) is 4.79 Å². The fourth-order valence-electron chi connectivity index (χ4n) is 2.18. The highest BCUT2D eigenvalue weighted by Crippen LogP contribution is 2.29. The van der Waals surface area contributed by atoms with E-state index in [-0.39, 0.29) is 23.9 Å². The van der Waals surface area contributed by atoms with Crippen LogP contribution < -0.4 is 10.1 Å². The molecule has 1 amide bonds. The number of ether oxygens (including phenoxy) is 1. The highest BCUT2D eigenvalue weighted by Gasteiger charge is 2.13. The maximum Gasteiger partial charge on any atom is 0.352 e. The molecule has 0 aromatic heterocycles. The fraction of sp³-hybridized carbons (Fsp3) is 0.200. The molecule has 2 N–H and O–H groups in total. The number of hydrogen-bond donors (Lipinski definition) is 2. The zero-order valence-electron chi connectivity index (χ0n) is 14.5. The third-order valence-electron chi connectivity index (χ3n) is 3.35. The lowest BCUT2D eigenvalue weighted by Gasteiger charge is -2.09. The molecule has 26 heavy (non-hydrogen) atoms. The van der Waals surface area contributed by atoms with Crippen LogP contribution in [0.4, 0.5) is 0 Å². The van der Waals surface area contributed by atoms with Gasteiger partial charge in [0, 0.05) is 6.42 Å². The summed E-state index contributed by atoms with van der Waals surface area (Å²) in [4.78, 5) is 23.2. The van der Waals surface area contributed by atoms with Gasteiger partial charge in [-0.1, -0.05) is 38.1 Å². The van der Waals surface area contributed by atoms with Gasteiger partial charge in [-0.05, 0) is 57.8 Å². The molecular formula is C20H20BrNO4.